The Kier molecular flexibility index (Phi) is 9.17. The average molecular weight is 560 g/mol. The van der Waals surface area contributed by atoms with E-state index in [1.54, 1.807) is 40.5 Å². The minimum Gasteiger partial charge on any atom is -0.491 e. The first-order valence-corrected chi connectivity index (χ1v) is 14.2. The molecule has 5 nitrogen and oxygen atoms in total. The van der Waals surface area contributed by atoms with Crippen molar-refractivity contribution in [2.45, 2.75) is 39.7 Å². The van der Waals surface area contributed by atoms with Gasteiger partial charge in [-0.3, -0.25) is 9.59 Å². The first-order chi connectivity index (χ1) is 17.7. The van der Waals surface area contributed by atoms with Crippen molar-refractivity contribution in [3.05, 3.63) is 85.5 Å². The van der Waals surface area contributed by atoms with Crippen LogP contribution in [0.2, 0.25) is 10.0 Å². The summed E-state index contributed by atoms with van der Waals surface area (Å²) in [7, 11) is 0. The van der Waals surface area contributed by atoms with Gasteiger partial charge < -0.3 is 14.5 Å². The number of carbonyl (C=O) groups is 2. The first kappa shape index (κ1) is 27.5. The van der Waals surface area contributed by atoms with Gasteiger partial charge in [-0.2, -0.15) is 0 Å². The van der Waals surface area contributed by atoms with E-state index in [2.05, 4.69) is 25.3 Å². The van der Waals surface area contributed by atoms with E-state index in [0.717, 1.165) is 24.0 Å². The summed E-state index contributed by atoms with van der Waals surface area (Å²) in [6, 6.07) is 14.3. The van der Waals surface area contributed by atoms with Gasteiger partial charge in [-0.25, -0.2) is 0 Å². The Bertz CT molecular complexity index is 1260. The Hall–Kier alpha value is -2.54. The minimum absolute atomic E-state index is 0.00803. The van der Waals surface area contributed by atoms with Gasteiger partial charge in [-0.15, -0.1) is 11.3 Å². The van der Waals surface area contributed by atoms with Gasteiger partial charge in [0.05, 0.1) is 6.04 Å². The summed E-state index contributed by atoms with van der Waals surface area (Å²) >= 11 is 14.0. The normalized spacial score (nSPS) is 15.0. The molecule has 8 heteroatoms. The molecule has 0 saturated heterocycles. The lowest BCUT2D eigenvalue weighted by atomic mass is 10.00. The van der Waals surface area contributed by atoms with Gasteiger partial charge in [0, 0.05) is 33.6 Å². The SMILES string of the molecule is Cc1cc(OC[C@@H]2c3ccsc3CCN2C(=O)CN(CCC(C)C)C(=O)c2cccc(Cl)c2)ccc1Cl. The Balaban J connectivity index is 1.54. The van der Waals surface area contributed by atoms with Crippen molar-refractivity contribution in [3.8, 4) is 5.75 Å². The van der Waals surface area contributed by atoms with Crippen LogP contribution in [0.25, 0.3) is 0 Å². The number of halogens is 2. The molecular formula is C29H32Cl2N2O3S. The zero-order valence-corrected chi connectivity index (χ0v) is 23.7. The van der Waals surface area contributed by atoms with Crippen molar-refractivity contribution in [2.75, 3.05) is 26.2 Å². The van der Waals surface area contributed by atoms with Crippen LogP contribution in [0.3, 0.4) is 0 Å². The number of hydrogen-bond donors (Lipinski definition) is 0. The van der Waals surface area contributed by atoms with Crippen molar-refractivity contribution in [1.29, 1.82) is 0 Å². The first-order valence-electron chi connectivity index (χ1n) is 12.5. The maximum atomic E-state index is 13.7. The van der Waals surface area contributed by atoms with Gasteiger partial charge in [0.15, 0.2) is 0 Å². The third-order valence-corrected chi connectivity index (χ3v) is 8.27. The topological polar surface area (TPSA) is 49.9 Å². The molecule has 2 aromatic carbocycles. The molecular weight excluding hydrogens is 527 g/mol. The smallest absolute Gasteiger partial charge is 0.254 e. The van der Waals surface area contributed by atoms with Gasteiger partial charge >= 0.3 is 0 Å². The van der Waals surface area contributed by atoms with Crippen molar-refractivity contribution >= 4 is 46.4 Å². The number of benzene rings is 2. The van der Waals surface area contributed by atoms with Gasteiger partial charge in [0.2, 0.25) is 5.91 Å². The molecule has 37 heavy (non-hydrogen) atoms. The lowest BCUT2D eigenvalue weighted by Crippen LogP contribution is -2.48. The number of nitrogens with zero attached hydrogens (tertiary/aromatic N) is 2. The van der Waals surface area contributed by atoms with Crippen LogP contribution in [-0.2, 0) is 11.2 Å². The monoisotopic (exact) mass is 558 g/mol. The number of hydrogen-bond acceptors (Lipinski definition) is 4. The summed E-state index contributed by atoms with van der Waals surface area (Å²) in [4.78, 5) is 31.9. The summed E-state index contributed by atoms with van der Waals surface area (Å²) < 4.78 is 6.16. The molecule has 2 amide bonds. The summed E-state index contributed by atoms with van der Waals surface area (Å²) in [6.07, 6.45) is 1.60. The van der Waals surface area contributed by atoms with Crippen LogP contribution in [0.1, 0.15) is 52.7 Å². The molecule has 0 spiro atoms. The highest BCUT2D eigenvalue weighted by atomic mass is 35.5. The molecule has 0 unspecified atom stereocenters. The third kappa shape index (κ3) is 6.86. The number of ether oxygens (including phenoxy) is 1. The largest absolute Gasteiger partial charge is 0.491 e. The molecule has 196 valence electrons. The lowest BCUT2D eigenvalue weighted by molar-refractivity contribution is -0.135. The Morgan fingerprint density at radius 1 is 1.16 bits per heavy atom. The number of rotatable bonds is 9. The van der Waals surface area contributed by atoms with Crippen molar-refractivity contribution < 1.29 is 14.3 Å². The molecule has 1 aromatic heterocycles. The van der Waals surface area contributed by atoms with Gasteiger partial charge in [-0.1, -0.05) is 43.1 Å². The maximum Gasteiger partial charge on any atom is 0.254 e. The zero-order valence-electron chi connectivity index (χ0n) is 21.4. The van der Waals surface area contributed by atoms with E-state index in [9.17, 15) is 9.59 Å². The second-order valence-electron chi connectivity index (χ2n) is 9.79. The number of fused-ring (bicyclic) bond motifs is 1. The van der Waals surface area contributed by atoms with Crippen LogP contribution in [0, 0.1) is 12.8 Å². The van der Waals surface area contributed by atoms with Crippen LogP contribution in [0.15, 0.2) is 53.9 Å². The highest BCUT2D eigenvalue weighted by Crippen LogP contribution is 2.34. The fourth-order valence-corrected chi connectivity index (χ4v) is 5.72. The molecule has 0 fully saturated rings. The fourth-order valence-electron chi connectivity index (χ4n) is 4.48. The Morgan fingerprint density at radius 2 is 1.97 bits per heavy atom. The molecule has 0 aliphatic carbocycles. The molecule has 4 rings (SSSR count). The van der Waals surface area contributed by atoms with E-state index < -0.39 is 0 Å². The van der Waals surface area contributed by atoms with Gasteiger partial charge in [0.1, 0.15) is 18.9 Å². The minimum atomic E-state index is -0.230. The van der Waals surface area contributed by atoms with E-state index in [0.29, 0.717) is 47.0 Å². The van der Waals surface area contributed by atoms with E-state index in [1.807, 2.05) is 30.0 Å². The molecule has 1 aliphatic heterocycles. The predicted octanol–water partition coefficient (Wildman–Crippen LogP) is 7.06. The van der Waals surface area contributed by atoms with Crippen LogP contribution < -0.4 is 4.74 Å². The van der Waals surface area contributed by atoms with Crippen molar-refractivity contribution in [3.63, 3.8) is 0 Å². The average Bonchev–Trinajstić information content (AvgIpc) is 3.35. The zero-order chi connectivity index (χ0) is 26.5. The maximum absolute atomic E-state index is 13.7. The van der Waals surface area contributed by atoms with Crippen molar-refractivity contribution in [1.82, 2.24) is 9.80 Å². The van der Waals surface area contributed by atoms with Crippen LogP contribution in [0.4, 0.5) is 0 Å². The highest BCUT2D eigenvalue weighted by molar-refractivity contribution is 7.10. The molecule has 1 atom stereocenters. The number of aryl methyl sites for hydroxylation is 1. The summed E-state index contributed by atoms with van der Waals surface area (Å²) in [5, 5.41) is 3.25. The van der Waals surface area contributed by atoms with Gasteiger partial charge in [-0.05, 0) is 84.7 Å². The second kappa shape index (κ2) is 12.3. The van der Waals surface area contributed by atoms with E-state index in [-0.39, 0.29) is 24.4 Å². The van der Waals surface area contributed by atoms with Gasteiger partial charge in [0.25, 0.3) is 5.91 Å². The van der Waals surface area contributed by atoms with E-state index in [1.165, 1.54) is 4.88 Å². The summed E-state index contributed by atoms with van der Waals surface area (Å²) in [6.45, 7) is 7.57. The van der Waals surface area contributed by atoms with Crippen LogP contribution >= 0.6 is 34.5 Å². The molecule has 1 aliphatic rings. The predicted molar refractivity (Wildman–Crippen MR) is 151 cm³/mol. The highest BCUT2D eigenvalue weighted by Gasteiger charge is 2.33. The number of carbonyl (C=O) groups excluding carboxylic acids is 2. The molecule has 2 heterocycles. The van der Waals surface area contributed by atoms with Crippen molar-refractivity contribution in [2.24, 2.45) is 5.92 Å². The quantitative estimate of drug-likeness (QED) is 0.282. The molecule has 0 bridgehead atoms. The second-order valence-corrected chi connectivity index (χ2v) is 11.6. The number of thiophene rings is 1. The van der Waals surface area contributed by atoms with Crippen LogP contribution in [-0.4, -0.2) is 47.9 Å². The van der Waals surface area contributed by atoms with Crippen LogP contribution in [0.5, 0.6) is 5.75 Å². The molecule has 0 N–H and O–H groups in total. The third-order valence-electron chi connectivity index (χ3n) is 6.61. The fraction of sp³-hybridized carbons (Fsp3) is 0.379. The molecule has 0 radical (unpaired) electrons. The molecule has 3 aromatic rings. The number of amides is 2. The Morgan fingerprint density at radius 3 is 2.70 bits per heavy atom. The Labute approximate surface area is 232 Å². The molecule has 0 saturated carbocycles. The van der Waals surface area contributed by atoms with E-state index >= 15 is 0 Å². The standard InChI is InChI=1S/C29H32Cl2N2O3S/c1-19(2)9-12-32(29(35)21-5-4-6-22(30)16-21)17-28(34)33-13-10-27-24(11-14-37-27)26(33)18-36-23-7-8-25(31)20(3)15-23/h4-8,11,14-16,19,26H,9-10,12-13,17-18H2,1-3H3/t26-/m1/s1. The lowest BCUT2D eigenvalue weighted by Gasteiger charge is -2.37. The summed E-state index contributed by atoms with van der Waals surface area (Å²) in [5.41, 5.74) is 2.54. The van der Waals surface area contributed by atoms with E-state index in [4.69, 9.17) is 27.9 Å². The summed E-state index contributed by atoms with van der Waals surface area (Å²) in [5.74, 6) is 0.842.